The summed E-state index contributed by atoms with van der Waals surface area (Å²) in [5.41, 5.74) is 3.27. The van der Waals surface area contributed by atoms with Crippen LogP contribution in [0.25, 0.3) is 0 Å². The molecular formula is C27H34N2O3. The average Bonchev–Trinajstić information content (AvgIpc) is 3.19. The number of ether oxygens (including phenoxy) is 1. The molecule has 170 valence electrons. The van der Waals surface area contributed by atoms with E-state index in [2.05, 4.69) is 48.6 Å². The topological polar surface area (TPSA) is 58.6 Å². The van der Waals surface area contributed by atoms with Crippen LogP contribution in [0.5, 0.6) is 0 Å². The van der Waals surface area contributed by atoms with Crippen LogP contribution in [-0.4, -0.2) is 41.4 Å². The summed E-state index contributed by atoms with van der Waals surface area (Å²) in [4.78, 5) is 27.1. The summed E-state index contributed by atoms with van der Waals surface area (Å²) in [6.07, 6.45) is 5.28. The Bertz CT molecular complexity index is 912. The second-order valence-electron chi connectivity index (χ2n) is 9.39. The van der Waals surface area contributed by atoms with Crippen LogP contribution in [0.4, 0.5) is 0 Å². The highest BCUT2D eigenvalue weighted by Crippen LogP contribution is 2.30. The zero-order valence-corrected chi connectivity index (χ0v) is 19.0. The average molecular weight is 435 g/mol. The van der Waals surface area contributed by atoms with E-state index in [1.54, 1.807) is 0 Å². The molecule has 2 saturated heterocycles. The van der Waals surface area contributed by atoms with Crippen molar-refractivity contribution in [2.75, 3.05) is 13.1 Å². The summed E-state index contributed by atoms with van der Waals surface area (Å²) in [5, 5.41) is 3.20. The minimum absolute atomic E-state index is 0.0839. The molecule has 0 aliphatic carbocycles. The number of nitrogens with zero attached hydrogens (tertiary/aromatic N) is 1. The van der Waals surface area contributed by atoms with Crippen LogP contribution < -0.4 is 5.32 Å². The van der Waals surface area contributed by atoms with Gasteiger partial charge < -0.3 is 15.0 Å². The van der Waals surface area contributed by atoms with Gasteiger partial charge in [-0.15, -0.1) is 0 Å². The Balaban J connectivity index is 1.31. The molecule has 2 aliphatic rings. The van der Waals surface area contributed by atoms with E-state index in [-0.39, 0.29) is 23.5 Å². The minimum atomic E-state index is -0.318. The molecule has 2 fully saturated rings. The first kappa shape index (κ1) is 22.5. The number of amides is 2. The van der Waals surface area contributed by atoms with Gasteiger partial charge in [-0.2, -0.15) is 0 Å². The third kappa shape index (κ3) is 5.98. The summed E-state index contributed by atoms with van der Waals surface area (Å²) in [7, 11) is 0. The predicted molar refractivity (Wildman–Crippen MR) is 125 cm³/mol. The molecule has 2 aromatic carbocycles. The normalized spacial score (nSPS) is 23.2. The van der Waals surface area contributed by atoms with E-state index in [0.29, 0.717) is 32.4 Å². The van der Waals surface area contributed by atoms with E-state index in [4.69, 9.17) is 4.74 Å². The van der Waals surface area contributed by atoms with E-state index < -0.39 is 0 Å². The monoisotopic (exact) mass is 434 g/mol. The highest BCUT2D eigenvalue weighted by atomic mass is 16.5. The molecule has 0 aromatic heterocycles. The van der Waals surface area contributed by atoms with Crippen LogP contribution in [0.3, 0.4) is 0 Å². The Kier molecular flexibility index (Phi) is 7.26. The van der Waals surface area contributed by atoms with Crippen LogP contribution in [0.2, 0.25) is 0 Å². The summed E-state index contributed by atoms with van der Waals surface area (Å²) in [6.45, 7) is 4.11. The van der Waals surface area contributed by atoms with E-state index in [1.165, 1.54) is 11.1 Å². The Labute approximate surface area is 191 Å². The van der Waals surface area contributed by atoms with Gasteiger partial charge in [0.2, 0.25) is 11.8 Å². The van der Waals surface area contributed by atoms with E-state index in [1.807, 2.05) is 23.1 Å². The maximum absolute atomic E-state index is 13.1. The Morgan fingerprint density at radius 2 is 1.91 bits per heavy atom. The van der Waals surface area contributed by atoms with Crippen molar-refractivity contribution >= 4 is 11.8 Å². The third-order valence-corrected chi connectivity index (χ3v) is 6.78. The van der Waals surface area contributed by atoms with E-state index >= 15 is 0 Å². The predicted octanol–water partition coefficient (Wildman–Crippen LogP) is 4.17. The fraction of sp³-hybridized carbons (Fsp3) is 0.481. The van der Waals surface area contributed by atoms with Crippen molar-refractivity contribution in [2.24, 2.45) is 0 Å². The molecule has 1 N–H and O–H groups in total. The Morgan fingerprint density at radius 1 is 1.12 bits per heavy atom. The van der Waals surface area contributed by atoms with Crippen LogP contribution in [0, 0.1) is 6.92 Å². The number of aryl methyl sites for hydroxylation is 1. The summed E-state index contributed by atoms with van der Waals surface area (Å²) < 4.78 is 6.10. The molecule has 5 heteroatoms. The third-order valence-electron chi connectivity index (χ3n) is 6.78. The number of likely N-dealkylation sites (tertiary alicyclic amines) is 1. The molecule has 2 heterocycles. The lowest BCUT2D eigenvalue weighted by Gasteiger charge is -2.34. The van der Waals surface area contributed by atoms with Crippen molar-refractivity contribution in [3.63, 3.8) is 0 Å². The second kappa shape index (κ2) is 10.3. The molecule has 0 unspecified atom stereocenters. The lowest BCUT2D eigenvalue weighted by atomic mass is 9.84. The second-order valence-corrected chi connectivity index (χ2v) is 9.39. The zero-order chi connectivity index (χ0) is 22.4. The van der Waals surface area contributed by atoms with Gasteiger partial charge >= 0.3 is 0 Å². The first-order valence-electron chi connectivity index (χ1n) is 11.8. The maximum atomic E-state index is 13.1. The van der Waals surface area contributed by atoms with Gasteiger partial charge in [0, 0.05) is 31.5 Å². The van der Waals surface area contributed by atoms with Gasteiger partial charge in [0.1, 0.15) is 0 Å². The largest absolute Gasteiger partial charge is 0.372 e. The van der Waals surface area contributed by atoms with Gasteiger partial charge in [0.05, 0.1) is 12.7 Å². The SMILES string of the molecule is Cc1ccc(C[C@]2(CCC(=O)N3CCC[C@@H](OCc4ccccc4)C3)CCC(=O)N2)cc1. The molecule has 0 radical (unpaired) electrons. The number of carbonyl (C=O) groups is 2. The van der Waals surface area contributed by atoms with Crippen molar-refractivity contribution < 1.29 is 14.3 Å². The molecule has 0 saturated carbocycles. The number of nitrogens with one attached hydrogen (secondary N) is 1. The van der Waals surface area contributed by atoms with Gasteiger partial charge in [-0.25, -0.2) is 0 Å². The summed E-state index contributed by atoms with van der Waals surface area (Å²) in [6, 6.07) is 18.6. The highest BCUT2D eigenvalue weighted by Gasteiger charge is 2.38. The Morgan fingerprint density at radius 3 is 2.62 bits per heavy atom. The maximum Gasteiger partial charge on any atom is 0.222 e. The van der Waals surface area contributed by atoms with Gasteiger partial charge in [0.15, 0.2) is 0 Å². The molecule has 5 nitrogen and oxygen atoms in total. The molecule has 2 aromatic rings. The molecular weight excluding hydrogens is 400 g/mol. The zero-order valence-electron chi connectivity index (χ0n) is 19.0. The molecule has 2 atom stereocenters. The first-order chi connectivity index (χ1) is 15.5. The number of carbonyl (C=O) groups excluding carboxylic acids is 2. The lowest BCUT2D eigenvalue weighted by Crippen LogP contribution is -2.46. The van der Waals surface area contributed by atoms with Gasteiger partial charge in [0.25, 0.3) is 0 Å². The van der Waals surface area contributed by atoms with Gasteiger partial charge in [-0.05, 0) is 50.2 Å². The highest BCUT2D eigenvalue weighted by molar-refractivity contribution is 5.80. The van der Waals surface area contributed by atoms with Crippen LogP contribution >= 0.6 is 0 Å². The minimum Gasteiger partial charge on any atom is -0.372 e. The van der Waals surface area contributed by atoms with Crippen molar-refractivity contribution in [3.8, 4) is 0 Å². The fourth-order valence-corrected chi connectivity index (χ4v) is 4.87. The van der Waals surface area contributed by atoms with Gasteiger partial charge in [-0.1, -0.05) is 60.2 Å². The molecule has 0 spiro atoms. The van der Waals surface area contributed by atoms with Crippen molar-refractivity contribution in [3.05, 3.63) is 71.3 Å². The van der Waals surface area contributed by atoms with Crippen molar-refractivity contribution in [2.45, 2.75) is 70.1 Å². The number of benzene rings is 2. The summed E-state index contributed by atoms with van der Waals surface area (Å²) >= 11 is 0. The number of piperidine rings is 1. The molecule has 2 aliphatic heterocycles. The van der Waals surface area contributed by atoms with Crippen LogP contribution in [0.15, 0.2) is 54.6 Å². The molecule has 32 heavy (non-hydrogen) atoms. The quantitative estimate of drug-likeness (QED) is 0.678. The van der Waals surface area contributed by atoms with Crippen LogP contribution in [0.1, 0.15) is 55.2 Å². The lowest BCUT2D eigenvalue weighted by molar-refractivity contribution is -0.136. The van der Waals surface area contributed by atoms with Crippen molar-refractivity contribution in [1.82, 2.24) is 10.2 Å². The van der Waals surface area contributed by atoms with E-state index in [0.717, 1.165) is 37.8 Å². The van der Waals surface area contributed by atoms with Gasteiger partial charge in [-0.3, -0.25) is 9.59 Å². The Hall–Kier alpha value is -2.66. The molecule has 4 rings (SSSR count). The fourth-order valence-electron chi connectivity index (χ4n) is 4.87. The molecule has 2 amide bonds. The van der Waals surface area contributed by atoms with Crippen molar-refractivity contribution in [1.29, 1.82) is 0 Å². The summed E-state index contributed by atoms with van der Waals surface area (Å²) in [5.74, 6) is 0.263. The van der Waals surface area contributed by atoms with E-state index in [9.17, 15) is 9.59 Å². The number of hydrogen-bond donors (Lipinski definition) is 1. The van der Waals surface area contributed by atoms with Crippen LogP contribution in [-0.2, 0) is 27.4 Å². The number of hydrogen-bond acceptors (Lipinski definition) is 3. The molecule has 0 bridgehead atoms. The smallest absolute Gasteiger partial charge is 0.222 e. The first-order valence-corrected chi connectivity index (χ1v) is 11.8. The number of rotatable bonds is 8. The standard InChI is InChI=1S/C27H34N2O3/c1-21-9-11-22(12-10-21)18-27(15-13-25(30)28-27)16-14-26(31)29-17-5-8-24(19-29)32-20-23-6-3-2-4-7-23/h2-4,6-7,9-12,24H,5,8,13-20H2,1H3,(H,28,30)/t24-,27-/m1/s1.